The molecule has 4 heteroatoms. The number of hydrogen-bond acceptors (Lipinski definition) is 1. The highest BCUT2D eigenvalue weighted by molar-refractivity contribution is 9.10. The van der Waals surface area contributed by atoms with Gasteiger partial charge in [0.2, 0.25) is 0 Å². The van der Waals surface area contributed by atoms with Gasteiger partial charge in [-0.15, -0.1) is 0 Å². The van der Waals surface area contributed by atoms with Crippen LogP contribution >= 0.6 is 27.5 Å². The van der Waals surface area contributed by atoms with Crippen molar-refractivity contribution in [1.82, 2.24) is 5.32 Å². The van der Waals surface area contributed by atoms with E-state index in [9.17, 15) is 4.39 Å². The molecule has 0 aliphatic rings. The zero-order chi connectivity index (χ0) is 14.9. The van der Waals surface area contributed by atoms with Crippen LogP contribution in [0.2, 0.25) is 5.02 Å². The first-order chi connectivity index (χ1) is 9.43. The second-order valence-corrected chi connectivity index (χ2v) is 6.11. The summed E-state index contributed by atoms with van der Waals surface area (Å²) < 4.78 is 14.3. The average Bonchev–Trinajstić information content (AvgIpc) is 2.38. The third kappa shape index (κ3) is 3.05. The van der Waals surface area contributed by atoms with Crippen molar-refractivity contribution in [2.75, 3.05) is 7.05 Å². The summed E-state index contributed by atoms with van der Waals surface area (Å²) in [6.45, 7) is 4.10. The van der Waals surface area contributed by atoms with Crippen molar-refractivity contribution in [2.45, 2.75) is 19.9 Å². The van der Waals surface area contributed by atoms with E-state index in [0.29, 0.717) is 5.02 Å². The summed E-state index contributed by atoms with van der Waals surface area (Å²) in [5, 5.41) is 3.69. The SMILES string of the molecule is CNC(c1cc(C)c(Br)cc1C)c1ccc(F)cc1Cl. The zero-order valence-corrected chi connectivity index (χ0v) is 13.9. The van der Waals surface area contributed by atoms with Gasteiger partial charge in [0.1, 0.15) is 5.82 Å². The third-order valence-electron chi connectivity index (χ3n) is 3.42. The average molecular weight is 357 g/mol. The Kier molecular flexibility index (Phi) is 4.84. The number of aryl methyl sites for hydroxylation is 2. The van der Waals surface area contributed by atoms with Gasteiger partial charge in [-0.3, -0.25) is 0 Å². The molecule has 0 amide bonds. The van der Waals surface area contributed by atoms with E-state index >= 15 is 0 Å². The third-order valence-corrected chi connectivity index (χ3v) is 4.60. The summed E-state index contributed by atoms with van der Waals surface area (Å²) in [4.78, 5) is 0. The van der Waals surface area contributed by atoms with Crippen molar-refractivity contribution in [1.29, 1.82) is 0 Å². The molecule has 0 aromatic heterocycles. The summed E-state index contributed by atoms with van der Waals surface area (Å²) in [7, 11) is 1.88. The van der Waals surface area contributed by atoms with Crippen molar-refractivity contribution >= 4 is 27.5 Å². The van der Waals surface area contributed by atoms with E-state index in [1.54, 1.807) is 6.07 Å². The molecule has 0 saturated heterocycles. The second-order valence-electron chi connectivity index (χ2n) is 4.85. The van der Waals surface area contributed by atoms with E-state index in [0.717, 1.165) is 26.7 Å². The Balaban J connectivity index is 2.55. The largest absolute Gasteiger partial charge is 0.309 e. The van der Waals surface area contributed by atoms with E-state index in [2.05, 4.69) is 40.3 Å². The highest BCUT2D eigenvalue weighted by Gasteiger charge is 2.18. The molecule has 1 nitrogen and oxygen atoms in total. The lowest BCUT2D eigenvalue weighted by molar-refractivity contribution is 0.623. The van der Waals surface area contributed by atoms with Gasteiger partial charge in [-0.1, -0.05) is 39.7 Å². The topological polar surface area (TPSA) is 12.0 Å². The Bertz CT molecular complexity index is 643. The fourth-order valence-electron chi connectivity index (χ4n) is 2.33. The minimum atomic E-state index is -0.322. The zero-order valence-electron chi connectivity index (χ0n) is 11.6. The first kappa shape index (κ1) is 15.5. The summed E-state index contributed by atoms with van der Waals surface area (Å²) in [5.74, 6) is -0.322. The molecule has 0 aliphatic carbocycles. The Hall–Kier alpha value is -0.900. The van der Waals surface area contributed by atoms with Crippen LogP contribution < -0.4 is 5.32 Å². The van der Waals surface area contributed by atoms with Crippen LogP contribution in [0.3, 0.4) is 0 Å². The van der Waals surface area contributed by atoms with Crippen molar-refractivity contribution in [3.63, 3.8) is 0 Å². The van der Waals surface area contributed by atoms with Crippen LogP contribution in [0.25, 0.3) is 0 Å². The van der Waals surface area contributed by atoms with Gasteiger partial charge in [-0.25, -0.2) is 4.39 Å². The monoisotopic (exact) mass is 355 g/mol. The molecule has 2 aromatic carbocycles. The second kappa shape index (κ2) is 6.25. The van der Waals surface area contributed by atoms with E-state index in [4.69, 9.17) is 11.6 Å². The van der Waals surface area contributed by atoms with Crippen molar-refractivity contribution < 1.29 is 4.39 Å². The number of hydrogen-bond donors (Lipinski definition) is 1. The number of nitrogens with one attached hydrogen (secondary N) is 1. The van der Waals surface area contributed by atoms with Crippen molar-refractivity contribution in [3.05, 3.63) is 67.9 Å². The van der Waals surface area contributed by atoms with Gasteiger partial charge in [0, 0.05) is 9.50 Å². The first-order valence-corrected chi connectivity index (χ1v) is 7.50. The van der Waals surface area contributed by atoms with Gasteiger partial charge < -0.3 is 5.32 Å². The molecule has 0 spiro atoms. The predicted octanol–water partition coefficient (Wildman–Crippen LogP) is 5.17. The van der Waals surface area contributed by atoms with Gasteiger partial charge in [-0.2, -0.15) is 0 Å². The molecule has 20 heavy (non-hydrogen) atoms. The maximum Gasteiger partial charge on any atom is 0.124 e. The normalized spacial score (nSPS) is 12.5. The summed E-state index contributed by atoms with van der Waals surface area (Å²) in [5.41, 5.74) is 4.33. The molecule has 1 N–H and O–H groups in total. The highest BCUT2D eigenvalue weighted by atomic mass is 79.9. The minimum absolute atomic E-state index is 0.0603. The fraction of sp³-hybridized carbons (Fsp3) is 0.250. The smallest absolute Gasteiger partial charge is 0.124 e. The van der Waals surface area contributed by atoms with E-state index in [1.807, 2.05) is 14.0 Å². The van der Waals surface area contributed by atoms with Crippen molar-refractivity contribution in [2.24, 2.45) is 0 Å². The molecule has 2 aromatic rings. The molecule has 106 valence electrons. The number of rotatable bonds is 3. The quantitative estimate of drug-likeness (QED) is 0.800. The van der Waals surface area contributed by atoms with Crippen LogP contribution in [0, 0.1) is 19.7 Å². The highest BCUT2D eigenvalue weighted by Crippen LogP contribution is 2.32. The molecule has 0 heterocycles. The molecule has 0 saturated carbocycles. The summed E-state index contributed by atoms with van der Waals surface area (Å²) in [6, 6.07) is 8.67. The maximum absolute atomic E-state index is 13.2. The molecule has 1 unspecified atom stereocenters. The van der Waals surface area contributed by atoms with Gasteiger partial charge in [0.05, 0.1) is 6.04 Å². The Labute approximate surface area is 132 Å². The lowest BCUT2D eigenvalue weighted by Crippen LogP contribution is -2.19. The van der Waals surface area contributed by atoms with Crippen LogP contribution in [-0.4, -0.2) is 7.05 Å². The Morgan fingerprint density at radius 1 is 1.10 bits per heavy atom. The molecular formula is C16H16BrClFN. The Morgan fingerprint density at radius 3 is 2.40 bits per heavy atom. The summed E-state index contributed by atoms with van der Waals surface area (Å²) >= 11 is 9.72. The fourth-order valence-corrected chi connectivity index (χ4v) is 3.06. The van der Waals surface area contributed by atoms with Gasteiger partial charge in [-0.05, 0) is 61.3 Å². The van der Waals surface area contributed by atoms with Crippen molar-refractivity contribution in [3.8, 4) is 0 Å². The van der Waals surface area contributed by atoms with Crippen LogP contribution in [0.1, 0.15) is 28.3 Å². The standard InChI is InChI=1S/C16H16BrClFN/c1-9-7-14(17)10(2)6-13(9)16(20-3)12-5-4-11(19)8-15(12)18/h4-8,16,20H,1-3H3. The maximum atomic E-state index is 13.2. The van der Waals surface area contributed by atoms with Gasteiger partial charge in [0.15, 0.2) is 0 Å². The minimum Gasteiger partial charge on any atom is -0.309 e. The van der Waals surface area contributed by atoms with E-state index in [-0.39, 0.29) is 11.9 Å². The van der Waals surface area contributed by atoms with Gasteiger partial charge in [0.25, 0.3) is 0 Å². The van der Waals surface area contributed by atoms with Crippen LogP contribution in [0.4, 0.5) is 4.39 Å². The molecule has 0 bridgehead atoms. The number of halogens is 3. The van der Waals surface area contributed by atoms with Gasteiger partial charge >= 0.3 is 0 Å². The van der Waals surface area contributed by atoms with Crippen LogP contribution in [0.15, 0.2) is 34.8 Å². The molecule has 1 atom stereocenters. The lowest BCUT2D eigenvalue weighted by atomic mass is 9.93. The Morgan fingerprint density at radius 2 is 1.80 bits per heavy atom. The van der Waals surface area contributed by atoms with E-state index in [1.165, 1.54) is 12.1 Å². The molecule has 0 aliphatic heterocycles. The molecule has 2 rings (SSSR count). The number of benzene rings is 2. The van der Waals surface area contributed by atoms with Crippen LogP contribution in [0.5, 0.6) is 0 Å². The molecule has 0 fully saturated rings. The first-order valence-electron chi connectivity index (χ1n) is 6.33. The van der Waals surface area contributed by atoms with E-state index < -0.39 is 0 Å². The lowest BCUT2D eigenvalue weighted by Gasteiger charge is -2.21. The summed E-state index contributed by atoms with van der Waals surface area (Å²) in [6.07, 6.45) is 0. The molecule has 0 radical (unpaired) electrons. The predicted molar refractivity (Wildman–Crippen MR) is 85.9 cm³/mol. The van der Waals surface area contributed by atoms with Crippen LogP contribution in [-0.2, 0) is 0 Å². The molecular weight excluding hydrogens is 341 g/mol.